The smallest absolute Gasteiger partial charge is 0 e. The second kappa shape index (κ2) is 6.63. The third-order valence-electron chi connectivity index (χ3n) is 0.920. The number of carbonyl (C=O) groups is 1. The summed E-state index contributed by atoms with van der Waals surface area (Å²) in [6.07, 6.45) is 3.59. The average Bonchev–Trinajstić information content (AvgIpc) is 1.65. The predicted octanol–water partition coefficient (Wildman–Crippen LogP) is 1.73. The van der Waals surface area contributed by atoms with Crippen molar-refractivity contribution in [3.05, 3.63) is 11.6 Å². The molecule has 49 valence electrons. The van der Waals surface area contributed by atoms with Crippen LogP contribution in [0.4, 0.5) is 0 Å². The molecule has 1 radical (unpaired) electrons. The van der Waals surface area contributed by atoms with E-state index >= 15 is 0 Å². The molecule has 0 bridgehead atoms. The molecule has 0 saturated heterocycles. The van der Waals surface area contributed by atoms with Gasteiger partial charge in [0.2, 0.25) is 0 Å². The van der Waals surface area contributed by atoms with Crippen LogP contribution in [0.5, 0.6) is 0 Å². The molecule has 0 atom stereocenters. The Morgan fingerprint density at radius 2 is 1.89 bits per heavy atom. The van der Waals surface area contributed by atoms with Crippen molar-refractivity contribution in [2.75, 3.05) is 0 Å². The minimum absolute atomic E-state index is 0. The summed E-state index contributed by atoms with van der Waals surface area (Å²) < 4.78 is 0. The molecule has 0 aromatic carbocycles. The third-order valence-corrected chi connectivity index (χ3v) is 0.920. The zero-order valence-electron chi connectivity index (χ0n) is 6.19. The van der Waals surface area contributed by atoms with Crippen molar-refractivity contribution in [1.82, 2.24) is 0 Å². The van der Waals surface area contributed by atoms with Crippen LogP contribution in [0.3, 0.4) is 0 Å². The normalized spacial score (nSPS) is 10.3. The van der Waals surface area contributed by atoms with E-state index in [2.05, 4.69) is 6.08 Å². The number of allylic oxidation sites excluding steroid dienone is 2. The van der Waals surface area contributed by atoms with E-state index in [1.54, 1.807) is 0 Å². The van der Waals surface area contributed by atoms with Crippen molar-refractivity contribution in [2.45, 2.75) is 27.2 Å². The van der Waals surface area contributed by atoms with E-state index in [1.165, 1.54) is 6.92 Å². The van der Waals surface area contributed by atoms with Crippen LogP contribution in [0.2, 0.25) is 0 Å². The summed E-state index contributed by atoms with van der Waals surface area (Å²) >= 11 is 0. The molecule has 0 heterocycles. The van der Waals surface area contributed by atoms with Gasteiger partial charge in [0, 0.05) is 32.7 Å². The minimum atomic E-state index is 0. The Morgan fingerprint density at radius 1 is 1.44 bits per heavy atom. The number of hydrogen-bond donors (Lipinski definition) is 0. The molecular formula is C7H11OY-. The molecule has 0 aliphatic carbocycles. The van der Waals surface area contributed by atoms with Crippen LogP contribution in [-0.4, -0.2) is 5.78 Å². The van der Waals surface area contributed by atoms with Crippen LogP contribution in [0.25, 0.3) is 0 Å². The molecular weight excluding hydrogens is 189 g/mol. The van der Waals surface area contributed by atoms with Crippen LogP contribution in [0.15, 0.2) is 5.57 Å². The fourth-order valence-electron chi connectivity index (χ4n) is 0.389. The predicted molar refractivity (Wildman–Crippen MR) is 33.4 cm³/mol. The fraction of sp³-hybridized carbons (Fsp3) is 0.571. The Kier molecular flexibility index (Phi) is 9.00. The van der Waals surface area contributed by atoms with Crippen molar-refractivity contribution < 1.29 is 37.5 Å². The second-order valence-corrected chi connectivity index (χ2v) is 1.82. The molecule has 1 nitrogen and oxygen atoms in total. The molecule has 0 aromatic rings. The Morgan fingerprint density at radius 3 is 2.00 bits per heavy atom. The van der Waals surface area contributed by atoms with Crippen LogP contribution in [0, 0.1) is 6.08 Å². The van der Waals surface area contributed by atoms with E-state index in [0.29, 0.717) is 0 Å². The van der Waals surface area contributed by atoms with E-state index in [4.69, 9.17) is 0 Å². The average molecular weight is 200 g/mol. The summed E-state index contributed by atoms with van der Waals surface area (Å²) in [6, 6.07) is 0. The van der Waals surface area contributed by atoms with Gasteiger partial charge in [0.1, 0.15) is 0 Å². The molecule has 0 aromatic heterocycles. The Balaban J connectivity index is 0. The number of hydrogen-bond acceptors (Lipinski definition) is 1. The number of Topliss-reactive ketones (excluding diaryl/α,β-unsaturated/α-hetero) is 1. The molecule has 0 amide bonds. The van der Waals surface area contributed by atoms with Crippen molar-refractivity contribution in [3.8, 4) is 0 Å². The van der Waals surface area contributed by atoms with Crippen molar-refractivity contribution >= 4 is 5.78 Å². The molecule has 0 aliphatic heterocycles. The van der Waals surface area contributed by atoms with Gasteiger partial charge in [-0.05, 0) is 12.7 Å². The first-order chi connectivity index (χ1) is 3.66. The number of rotatable bonds is 2. The van der Waals surface area contributed by atoms with Crippen molar-refractivity contribution in [3.63, 3.8) is 0 Å². The van der Waals surface area contributed by atoms with E-state index in [1.807, 2.05) is 13.8 Å². The zero-order valence-corrected chi connectivity index (χ0v) is 9.03. The SMILES string of the molecule is CCC(C)=[C-]C(C)=O.[Y]. The van der Waals surface area contributed by atoms with E-state index in [0.717, 1.165) is 12.0 Å². The molecule has 2 heteroatoms. The van der Waals surface area contributed by atoms with E-state index < -0.39 is 0 Å². The van der Waals surface area contributed by atoms with Crippen molar-refractivity contribution in [1.29, 1.82) is 0 Å². The van der Waals surface area contributed by atoms with Gasteiger partial charge in [-0.1, -0.05) is 20.3 Å². The van der Waals surface area contributed by atoms with Crippen LogP contribution in [0.1, 0.15) is 27.2 Å². The largest absolute Gasteiger partial charge is 0.428 e. The summed E-state index contributed by atoms with van der Waals surface area (Å²) in [4.78, 5) is 10.3. The van der Waals surface area contributed by atoms with Gasteiger partial charge in [0.25, 0.3) is 0 Å². The van der Waals surface area contributed by atoms with Crippen LogP contribution >= 0.6 is 0 Å². The molecule has 0 rings (SSSR count). The first-order valence-corrected chi connectivity index (χ1v) is 2.76. The van der Waals surface area contributed by atoms with Crippen LogP contribution in [-0.2, 0) is 37.5 Å². The second-order valence-electron chi connectivity index (χ2n) is 1.82. The maximum absolute atomic E-state index is 10.3. The van der Waals surface area contributed by atoms with Gasteiger partial charge < -0.3 is 10.9 Å². The fourth-order valence-corrected chi connectivity index (χ4v) is 0.389. The Hall–Kier alpha value is 0.514. The van der Waals surface area contributed by atoms with E-state index in [9.17, 15) is 4.79 Å². The summed E-state index contributed by atoms with van der Waals surface area (Å²) in [5.74, 6) is 0.0179. The number of ketones is 1. The van der Waals surface area contributed by atoms with Gasteiger partial charge in [0.05, 0.1) is 0 Å². The van der Waals surface area contributed by atoms with Crippen LogP contribution < -0.4 is 0 Å². The van der Waals surface area contributed by atoms with E-state index in [-0.39, 0.29) is 38.5 Å². The summed E-state index contributed by atoms with van der Waals surface area (Å²) in [5, 5.41) is 0. The molecule has 0 N–H and O–H groups in total. The first-order valence-electron chi connectivity index (χ1n) is 2.76. The maximum atomic E-state index is 10.3. The zero-order chi connectivity index (χ0) is 6.57. The topological polar surface area (TPSA) is 17.1 Å². The van der Waals surface area contributed by atoms with Gasteiger partial charge >= 0.3 is 0 Å². The van der Waals surface area contributed by atoms with Gasteiger partial charge in [-0.3, -0.25) is 5.57 Å². The summed E-state index contributed by atoms with van der Waals surface area (Å²) in [7, 11) is 0. The van der Waals surface area contributed by atoms with Gasteiger partial charge in [-0.25, -0.2) is 0 Å². The summed E-state index contributed by atoms with van der Waals surface area (Å²) in [6.45, 7) is 5.42. The first kappa shape index (κ1) is 12.2. The molecule has 0 fully saturated rings. The van der Waals surface area contributed by atoms with Gasteiger partial charge in [-0.15, -0.1) is 0 Å². The summed E-state index contributed by atoms with van der Waals surface area (Å²) in [5.41, 5.74) is 1.03. The van der Waals surface area contributed by atoms with Gasteiger partial charge in [0.15, 0.2) is 0 Å². The maximum Gasteiger partial charge on any atom is 0 e. The molecule has 0 aliphatic rings. The number of carbonyl (C=O) groups excluding carboxylic acids is 1. The molecule has 0 saturated carbocycles. The Labute approximate surface area is 81.8 Å². The van der Waals surface area contributed by atoms with Crippen molar-refractivity contribution in [2.24, 2.45) is 0 Å². The Bertz CT molecular complexity index is 116. The third kappa shape index (κ3) is 8.51. The molecule has 9 heavy (non-hydrogen) atoms. The molecule has 0 unspecified atom stereocenters. The standard InChI is InChI=1S/C7H11O.Y/c1-4-6(2)5-7(3)8;/h4H2,1-3H3;/q-1;. The molecule has 0 spiro atoms. The minimum Gasteiger partial charge on any atom is -0.428 e. The monoisotopic (exact) mass is 200 g/mol. The van der Waals surface area contributed by atoms with Gasteiger partial charge in [-0.2, -0.15) is 0 Å². The quantitative estimate of drug-likeness (QED) is 0.490.